The van der Waals surface area contributed by atoms with E-state index in [0.29, 0.717) is 5.02 Å². The van der Waals surface area contributed by atoms with Crippen molar-refractivity contribution in [3.63, 3.8) is 0 Å². The number of benzene rings is 1. The van der Waals surface area contributed by atoms with E-state index in [1.54, 1.807) is 24.3 Å². The maximum atomic E-state index is 11.8. The zero-order valence-electron chi connectivity index (χ0n) is 11.4. The number of pyridine rings is 1. The molecule has 8 heteroatoms. The molecular weight excluding hydrogens is 310 g/mol. The number of nitrogens with zero attached hydrogens (tertiary/aromatic N) is 2. The lowest BCUT2D eigenvalue weighted by atomic mass is 10.2. The summed E-state index contributed by atoms with van der Waals surface area (Å²) in [7, 11) is 0. The molecule has 1 N–H and O–H groups in total. The molecule has 22 heavy (non-hydrogen) atoms. The highest BCUT2D eigenvalue weighted by Gasteiger charge is 2.10. The molecule has 0 saturated heterocycles. The Morgan fingerprint density at radius 1 is 1.27 bits per heavy atom. The first-order valence-corrected chi connectivity index (χ1v) is 6.70. The van der Waals surface area contributed by atoms with Crippen molar-refractivity contribution in [3.8, 4) is 0 Å². The summed E-state index contributed by atoms with van der Waals surface area (Å²) in [5.74, 6) is -0.442. The Labute approximate surface area is 130 Å². The minimum Gasteiger partial charge on any atom is -0.350 e. The Balaban J connectivity index is 2.03. The maximum Gasteiger partial charge on any atom is 0.285 e. The molecule has 1 aromatic carbocycles. The Morgan fingerprint density at radius 2 is 2.00 bits per heavy atom. The molecule has 0 aliphatic carbocycles. The van der Waals surface area contributed by atoms with Crippen LogP contribution in [0.5, 0.6) is 0 Å². The fourth-order valence-electron chi connectivity index (χ4n) is 1.80. The second-order valence-electron chi connectivity index (χ2n) is 4.48. The monoisotopic (exact) mass is 321 g/mol. The SMILES string of the molecule is O=C(Cn1cc([N+](=O)[O-])ccc1=O)NCc1ccccc1Cl. The third-order valence-electron chi connectivity index (χ3n) is 2.93. The number of hydrogen-bond acceptors (Lipinski definition) is 4. The van der Waals surface area contributed by atoms with Crippen LogP contribution in [0, 0.1) is 10.1 Å². The highest BCUT2D eigenvalue weighted by Crippen LogP contribution is 2.14. The van der Waals surface area contributed by atoms with E-state index in [9.17, 15) is 19.7 Å². The van der Waals surface area contributed by atoms with Gasteiger partial charge in [0.15, 0.2) is 0 Å². The summed E-state index contributed by atoms with van der Waals surface area (Å²) in [6.45, 7) is -0.0901. The van der Waals surface area contributed by atoms with E-state index in [1.165, 1.54) is 0 Å². The van der Waals surface area contributed by atoms with E-state index in [2.05, 4.69) is 5.32 Å². The number of carbonyl (C=O) groups excluding carboxylic acids is 1. The van der Waals surface area contributed by atoms with Crippen LogP contribution in [-0.4, -0.2) is 15.4 Å². The van der Waals surface area contributed by atoms with Crippen molar-refractivity contribution in [1.82, 2.24) is 9.88 Å². The first-order valence-electron chi connectivity index (χ1n) is 6.32. The van der Waals surface area contributed by atoms with Gasteiger partial charge in [-0.1, -0.05) is 29.8 Å². The van der Waals surface area contributed by atoms with Gasteiger partial charge in [0, 0.05) is 23.7 Å². The van der Waals surface area contributed by atoms with E-state index in [1.807, 2.05) is 0 Å². The number of hydrogen-bond donors (Lipinski definition) is 1. The third kappa shape index (κ3) is 3.92. The Morgan fingerprint density at radius 3 is 2.68 bits per heavy atom. The quantitative estimate of drug-likeness (QED) is 0.670. The molecule has 0 unspecified atom stereocenters. The Kier molecular flexibility index (Phi) is 4.90. The number of nitrogens with one attached hydrogen (secondary N) is 1. The van der Waals surface area contributed by atoms with E-state index in [0.717, 1.165) is 28.5 Å². The summed E-state index contributed by atoms with van der Waals surface area (Å²) in [5, 5.41) is 13.8. The Hall–Kier alpha value is -2.67. The van der Waals surface area contributed by atoms with Crippen molar-refractivity contribution < 1.29 is 9.72 Å². The second kappa shape index (κ2) is 6.86. The van der Waals surface area contributed by atoms with Crippen molar-refractivity contribution >= 4 is 23.2 Å². The molecule has 114 valence electrons. The van der Waals surface area contributed by atoms with Gasteiger partial charge >= 0.3 is 0 Å². The fraction of sp³-hybridized carbons (Fsp3) is 0.143. The molecule has 2 rings (SSSR count). The number of aromatic nitrogens is 1. The summed E-state index contributed by atoms with van der Waals surface area (Å²) in [4.78, 5) is 33.5. The molecule has 0 saturated carbocycles. The van der Waals surface area contributed by atoms with Crippen molar-refractivity contribution in [2.24, 2.45) is 0 Å². The molecule has 0 radical (unpaired) electrons. The second-order valence-corrected chi connectivity index (χ2v) is 4.89. The molecule has 0 atom stereocenters. The van der Waals surface area contributed by atoms with Crippen LogP contribution in [0.25, 0.3) is 0 Å². The number of amides is 1. The van der Waals surface area contributed by atoms with Crippen LogP contribution in [0.1, 0.15) is 5.56 Å². The predicted molar refractivity (Wildman–Crippen MR) is 80.7 cm³/mol. The van der Waals surface area contributed by atoms with Gasteiger partial charge < -0.3 is 5.32 Å². The molecule has 1 aromatic heterocycles. The fourth-order valence-corrected chi connectivity index (χ4v) is 2.00. The lowest BCUT2D eigenvalue weighted by Gasteiger charge is -2.08. The van der Waals surface area contributed by atoms with Crippen molar-refractivity contribution in [1.29, 1.82) is 0 Å². The zero-order chi connectivity index (χ0) is 16.1. The van der Waals surface area contributed by atoms with Gasteiger partial charge in [-0.15, -0.1) is 0 Å². The molecule has 2 aromatic rings. The molecule has 0 aliphatic rings. The molecule has 7 nitrogen and oxygen atoms in total. The minimum atomic E-state index is -0.627. The average Bonchev–Trinajstić information content (AvgIpc) is 2.48. The molecule has 1 amide bonds. The van der Waals surface area contributed by atoms with Gasteiger partial charge in [0.2, 0.25) is 5.91 Å². The first kappa shape index (κ1) is 15.7. The predicted octanol–water partition coefficient (Wildman–Crippen LogP) is 1.73. The highest BCUT2D eigenvalue weighted by molar-refractivity contribution is 6.31. The van der Waals surface area contributed by atoms with Crippen molar-refractivity contribution in [2.75, 3.05) is 0 Å². The number of nitro groups is 1. The van der Waals surface area contributed by atoms with Gasteiger partial charge in [-0.25, -0.2) is 0 Å². The van der Waals surface area contributed by atoms with Crippen LogP contribution in [0.15, 0.2) is 47.4 Å². The molecule has 0 fully saturated rings. The van der Waals surface area contributed by atoms with E-state index in [4.69, 9.17) is 11.6 Å². The van der Waals surface area contributed by atoms with Gasteiger partial charge in [-0.3, -0.25) is 24.3 Å². The molecule has 0 aliphatic heterocycles. The van der Waals surface area contributed by atoms with Crippen molar-refractivity contribution in [3.05, 3.63) is 73.6 Å². The molecule has 0 spiro atoms. The Bertz CT molecular complexity index is 773. The van der Waals surface area contributed by atoms with Gasteiger partial charge in [-0.05, 0) is 11.6 Å². The van der Waals surface area contributed by atoms with E-state index < -0.39 is 16.4 Å². The molecule has 0 bridgehead atoms. The average molecular weight is 322 g/mol. The molecular formula is C14H12ClN3O4. The zero-order valence-corrected chi connectivity index (χ0v) is 12.1. The molecule has 1 heterocycles. The van der Waals surface area contributed by atoms with Crippen LogP contribution >= 0.6 is 11.6 Å². The topological polar surface area (TPSA) is 94.2 Å². The largest absolute Gasteiger partial charge is 0.350 e. The third-order valence-corrected chi connectivity index (χ3v) is 3.30. The van der Waals surface area contributed by atoms with Crippen molar-refractivity contribution in [2.45, 2.75) is 13.1 Å². The van der Waals surface area contributed by atoms with Gasteiger partial charge in [0.05, 0.1) is 11.1 Å². The summed E-state index contributed by atoms with van der Waals surface area (Å²) in [5.41, 5.74) is 0.000836. The lowest BCUT2D eigenvalue weighted by Crippen LogP contribution is -2.31. The minimum absolute atomic E-state index is 0.210. The summed E-state index contributed by atoms with van der Waals surface area (Å²) in [6.07, 6.45) is 1.04. The number of rotatable bonds is 5. The number of halogens is 1. The summed E-state index contributed by atoms with van der Waals surface area (Å²) in [6, 6.07) is 9.19. The number of carbonyl (C=O) groups is 1. The van der Waals surface area contributed by atoms with E-state index >= 15 is 0 Å². The van der Waals surface area contributed by atoms with Crippen LogP contribution in [0.4, 0.5) is 5.69 Å². The van der Waals surface area contributed by atoms with Gasteiger partial charge in [-0.2, -0.15) is 0 Å². The summed E-state index contributed by atoms with van der Waals surface area (Å²) >= 11 is 5.97. The smallest absolute Gasteiger partial charge is 0.285 e. The first-order chi connectivity index (χ1) is 10.5. The van der Waals surface area contributed by atoms with Gasteiger partial charge in [0.1, 0.15) is 6.54 Å². The van der Waals surface area contributed by atoms with Crippen LogP contribution in [0.2, 0.25) is 5.02 Å². The lowest BCUT2D eigenvalue weighted by molar-refractivity contribution is -0.385. The normalized spacial score (nSPS) is 10.2. The van der Waals surface area contributed by atoms with Gasteiger partial charge in [0.25, 0.3) is 11.2 Å². The van der Waals surface area contributed by atoms with Crippen LogP contribution in [0.3, 0.4) is 0 Å². The summed E-state index contributed by atoms with van der Waals surface area (Å²) < 4.78 is 0.986. The van der Waals surface area contributed by atoms with Crippen LogP contribution < -0.4 is 10.9 Å². The standard InChI is InChI=1S/C14H12ClN3O4/c15-12-4-2-1-3-10(12)7-16-13(19)9-17-8-11(18(21)22)5-6-14(17)20/h1-6,8H,7,9H2,(H,16,19). The van der Waals surface area contributed by atoms with E-state index in [-0.39, 0.29) is 18.8 Å². The van der Waals surface area contributed by atoms with Crippen LogP contribution in [-0.2, 0) is 17.9 Å². The maximum absolute atomic E-state index is 11.8. The highest BCUT2D eigenvalue weighted by atomic mass is 35.5.